The van der Waals surface area contributed by atoms with Crippen LogP contribution in [0.25, 0.3) is 0 Å². The van der Waals surface area contributed by atoms with Gasteiger partial charge in [-0.15, -0.1) is 0 Å². The summed E-state index contributed by atoms with van der Waals surface area (Å²) in [6.45, 7) is 5.88. The summed E-state index contributed by atoms with van der Waals surface area (Å²) in [6, 6.07) is 4.81. The molecule has 1 aromatic carbocycles. The number of aliphatic hydroxyl groups is 1. The lowest BCUT2D eigenvalue weighted by atomic mass is 10.1. The molecule has 6 heteroatoms. The molecule has 112 valence electrons. The summed E-state index contributed by atoms with van der Waals surface area (Å²) in [4.78, 5) is 13.7. The van der Waals surface area contributed by atoms with E-state index in [-0.39, 0.29) is 12.6 Å². The van der Waals surface area contributed by atoms with E-state index >= 15 is 0 Å². The second-order valence-corrected chi connectivity index (χ2v) is 5.48. The molecule has 0 spiro atoms. The van der Waals surface area contributed by atoms with Crippen LogP contribution in [0.2, 0.25) is 5.02 Å². The zero-order valence-corrected chi connectivity index (χ0v) is 13.0. The van der Waals surface area contributed by atoms with Crippen LogP contribution in [0.4, 0.5) is 10.5 Å². The fourth-order valence-corrected chi connectivity index (χ4v) is 2.05. The Morgan fingerprint density at radius 2 is 2.15 bits per heavy atom. The van der Waals surface area contributed by atoms with E-state index in [9.17, 15) is 9.90 Å². The smallest absolute Gasteiger partial charge is 0.322 e. The summed E-state index contributed by atoms with van der Waals surface area (Å²) in [5.74, 6) is 0.418. The minimum absolute atomic E-state index is 0.234. The summed E-state index contributed by atoms with van der Waals surface area (Å²) in [5, 5.41) is 13.0. The third-order valence-electron chi connectivity index (χ3n) is 2.66. The van der Waals surface area contributed by atoms with Crippen molar-refractivity contribution in [1.29, 1.82) is 0 Å². The monoisotopic (exact) mass is 300 g/mol. The van der Waals surface area contributed by atoms with Crippen LogP contribution >= 0.6 is 11.6 Å². The number of hydrogen-bond acceptors (Lipinski definition) is 3. The summed E-state index contributed by atoms with van der Waals surface area (Å²) in [5.41, 5.74) is -0.453. The molecule has 0 aliphatic rings. The molecule has 20 heavy (non-hydrogen) atoms. The number of carbonyl (C=O) groups is 1. The number of benzene rings is 1. The lowest BCUT2D eigenvalue weighted by Gasteiger charge is -2.28. The first kappa shape index (κ1) is 16.6. The molecule has 0 fully saturated rings. The summed E-state index contributed by atoms with van der Waals surface area (Å²) < 4.78 is 5.18. The van der Waals surface area contributed by atoms with Crippen molar-refractivity contribution in [2.45, 2.75) is 26.4 Å². The summed E-state index contributed by atoms with van der Waals surface area (Å²) >= 11 is 6.00. The van der Waals surface area contributed by atoms with Gasteiger partial charge < -0.3 is 20.1 Å². The van der Waals surface area contributed by atoms with Crippen molar-refractivity contribution in [2.24, 2.45) is 0 Å². The Balaban J connectivity index is 2.87. The number of amides is 2. The summed E-state index contributed by atoms with van der Waals surface area (Å²) in [7, 11) is 1.49. The number of nitrogens with one attached hydrogen (secondary N) is 1. The van der Waals surface area contributed by atoms with Crippen LogP contribution in [-0.2, 0) is 0 Å². The molecule has 0 aromatic heterocycles. The van der Waals surface area contributed by atoms with Crippen molar-refractivity contribution < 1.29 is 14.6 Å². The maximum absolute atomic E-state index is 12.2. The van der Waals surface area contributed by atoms with E-state index in [1.165, 1.54) is 12.0 Å². The first-order valence-electron chi connectivity index (χ1n) is 6.39. The van der Waals surface area contributed by atoms with Gasteiger partial charge >= 0.3 is 6.03 Å². The molecule has 0 aliphatic heterocycles. The number of para-hydroxylation sites is 1. The van der Waals surface area contributed by atoms with E-state index in [1.807, 2.05) is 6.92 Å². The zero-order valence-electron chi connectivity index (χ0n) is 12.2. The number of nitrogens with zero attached hydrogens (tertiary/aromatic N) is 1. The third kappa shape index (κ3) is 4.58. The Hall–Kier alpha value is -1.46. The number of urea groups is 1. The number of anilines is 1. The maximum atomic E-state index is 12.2. The average molecular weight is 301 g/mol. The van der Waals surface area contributed by atoms with Gasteiger partial charge in [-0.05, 0) is 32.9 Å². The van der Waals surface area contributed by atoms with Gasteiger partial charge in [0, 0.05) is 6.54 Å². The molecule has 0 atom stereocenters. The Labute approximate surface area is 124 Å². The van der Waals surface area contributed by atoms with Gasteiger partial charge in [0.15, 0.2) is 5.75 Å². The number of hydrogen-bond donors (Lipinski definition) is 2. The Morgan fingerprint density at radius 1 is 1.50 bits per heavy atom. The van der Waals surface area contributed by atoms with Crippen molar-refractivity contribution in [1.82, 2.24) is 4.90 Å². The predicted octanol–water partition coefficient (Wildman–Crippen LogP) is 2.97. The number of carbonyl (C=O) groups excluding carboxylic acids is 1. The van der Waals surface area contributed by atoms with Crippen molar-refractivity contribution in [3.63, 3.8) is 0 Å². The molecule has 0 saturated carbocycles. The van der Waals surface area contributed by atoms with Crippen molar-refractivity contribution in [2.75, 3.05) is 25.5 Å². The number of halogens is 1. The molecule has 0 aliphatic carbocycles. The van der Waals surface area contributed by atoms with Crippen LogP contribution in [0.5, 0.6) is 5.75 Å². The molecule has 2 N–H and O–H groups in total. The summed E-state index contributed by atoms with van der Waals surface area (Å²) in [6.07, 6.45) is 0. The molecule has 2 amide bonds. The quantitative estimate of drug-likeness (QED) is 0.879. The average Bonchev–Trinajstić information content (AvgIpc) is 2.35. The highest BCUT2D eigenvalue weighted by Gasteiger charge is 2.22. The van der Waals surface area contributed by atoms with Gasteiger partial charge in [-0.1, -0.05) is 17.7 Å². The first-order valence-corrected chi connectivity index (χ1v) is 6.77. The number of rotatable bonds is 5. The standard InChI is InChI=1S/C14H21ClN2O3/c1-5-17(9-14(2,3)19)13(18)16-11-8-6-7-10(15)12(11)20-4/h6-8,19H,5,9H2,1-4H3,(H,16,18). The van der Waals surface area contributed by atoms with Crippen LogP contribution in [0.15, 0.2) is 18.2 Å². The molecule has 5 nitrogen and oxygen atoms in total. The van der Waals surface area contributed by atoms with Crippen LogP contribution in [0, 0.1) is 0 Å². The number of methoxy groups -OCH3 is 1. The van der Waals surface area contributed by atoms with Crippen molar-refractivity contribution in [3.05, 3.63) is 23.2 Å². The fourth-order valence-electron chi connectivity index (χ4n) is 1.80. The van der Waals surface area contributed by atoms with E-state index in [2.05, 4.69) is 5.32 Å². The molecule has 0 radical (unpaired) electrons. The van der Waals surface area contributed by atoms with E-state index in [0.29, 0.717) is 23.0 Å². The van der Waals surface area contributed by atoms with Crippen LogP contribution in [0.3, 0.4) is 0 Å². The normalized spacial score (nSPS) is 11.1. The van der Waals surface area contributed by atoms with E-state index in [4.69, 9.17) is 16.3 Å². The van der Waals surface area contributed by atoms with Gasteiger partial charge in [0.2, 0.25) is 0 Å². The number of likely N-dealkylation sites (N-methyl/N-ethyl adjacent to an activating group) is 1. The van der Waals surface area contributed by atoms with Gasteiger partial charge in [-0.25, -0.2) is 4.79 Å². The molecular weight excluding hydrogens is 280 g/mol. The largest absolute Gasteiger partial charge is 0.493 e. The van der Waals surface area contributed by atoms with Gasteiger partial charge in [-0.2, -0.15) is 0 Å². The molecule has 0 unspecified atom stereocenters. The lowest BCUT2D eigenvalue weighted by Crippen LogP contribution is -2.44. The van der Waals surface area contributed by atoms with Crippen molar-refractivity contribution in [3.8, 4) is 5.75 Å². The van der Waals surface area contributed by atoms with Gasteiger partial charge in [0.25, 0.3) is 0 Å². The fraction of sp³-hybridized carbons (Fsp3) is 0.500. The molecule has 0 bridgehead atoms. The number of ether oxygens (including phenoxy) is 1. The maximum Gasteiger partial charge on any atom is 0.322 e. The second-order valence-electron chi connectivity index (χ2n) is 5.08. The Bertz CT molecular complexity index is 472. The molecule has 1 rings (SSSR count). The molecule has 0 heterocycles. The van der Waals surface area contributed by atoms with Crippen LogP contribution in [0.1, 0.15) is 20.8 Å². The topological polar surface area (TPSA) is 61.8 Å². The van der Waals surface area contributed by atoms with Gasteiger partial charge in [0.05, 0.1) is 30.0 Å². The van der Waals surface area contributed by atoms with E-state index in [1.54, 1.807) is 32.0 Å². The van der Waals surface area contributed by atoms with Gasteiger partial charge in [-0.3, -0.25) is 0 Å². The second kappa shape index (κ2) is 6.81. The molecule has 0 saturated heterocycles. The molecule has 1 aromatic rings. The highest BCUT2D eigenvalue weighted by molar-refractivity contribution is 6.32. The zero-order chi connectivity index (χ0) is 15.3. The predicted molar refractivity (Wildman–Crippen MR) is 80.6 cm³/mol. The minimum Gasteiger partial charge on any atom is -0.493 e. The lowest BCUT2D eigenvalue weighted by molar-refractivity contribution is 0.0501. The van der Waals surface area contributed by atoms with Crippen LogP contribution < -0.4 is 10.1 Å². The first-order chi connectivity index (χ1) is 9.28. The highest BCUT2D eigenvalue weighted by Crippen LogP contribution is 2.32. The highest BCUT2D eigenvalue weighted by atomic mass is 35.5. The van der Waals surface area contributed by atoms with E-state index in [0.717, 1.165) is 0 Å². The SMILES string of the molecule is CCN(CC(C)(C)O)C(=O)Nc1cccc(Cl)c1OC. The minimum atomic E-state index is -0.953. The van der Waals surface area contributed by atoms with Crippen LogP contribution in [-0.4, -0.2) is 41.8 Å². The third-order valence-corrected chi connectivity index (χ3v) is 2.96. The van der Waals surface area contributed by atoms with Crippen molar-refractivity contribution >= 4 is 23.3 Å². The molecular formula is C14H21ClN2O3. The Morgan fingerprint density at radius 3 is 2.65 bits per heavy atom. The van der Waals surface area contributed by atoms with Gasteiger partial charge in [0.1, 0.15) is 0 Å². The Kier molecular flexibility index (Phi) is 5.65. The van der Waals surface area contributed by atoms with E-state index < -0.39 is 5.60 Å².